The highest BCUT2D eigenvalue weighted by Gasteiger charge is 2.17. The first-order valence-corrected chi connectivity index (χ1v) is 8.42. The van der Waals surface area contributed by atoms with E-state index in [9.17, 15) is 0 Å². The van der Waals surface area contributed by atoms with Gasteiger partial charge in [-0.2, -0.15) is 0 Å². The minimum Gasteiger partial charge on any atom is -0.455 e. The maximum absolute atomic E-state index is 6.17. The summed E-state index contributed by atoms with van der Waals surface area (Å²) in [6.45, 7) is 0. The fraction of sp³-hybridized carbons (Fsp3) is 0. The molecule has 0 bridgehead atoms. The summed E-state index contributed by atoms with van der Waals surface area (Å²) in [5.41, 5.74) is 4.32. The highest BCUT2D eigenvalue weighted by molar-refractivity contribution is 9.10. The van der Waals surface area contributed by atoms with Crippen LogP contribution in [0.2, 0.25) is 0 Å². The zero-order valence-electron chi connectivity index (χ0n) is 12.5. The van der Waals surface area contributed by atoms with Crippen molar-refractivity contribution in [2.75, 3.05) is 0 Å². The number of para-hydroxylation sites is 2. The quantitative estimate of drug-likeness (QED) is 0.363. The Morgan fingerprint density at radius 3 is 2.46 bits per heavy atom. The van der Waals surface area contributed by atoms with E-state index in [-0.39, 0.29) is 0 Å². The molecule has 114 valence electrons. The standard InChI is InChI=1S/C20H11BrN2O/c21-12-9-10-16(22-11-12)19-18-14-6-2-4-8-17(14)24-20(18)13-5-1-3-7-15(13)23-19/h1-11H. The van der Waals surface area contributed by atoms with E-state index in [2.05, 4.69) is 27.0 Å². The van der Waals surface area contributed by atoms with Crippen LogP contribution in [-0.4, -0.2) is 9.97 Å². The summed E-state index contributed by atoms with van der Waals surface area (Å²) >= 11 is 3.44. The average Bonchev–Trinajstić information content (AvgIpc) is 3.02. The van der Waals surface area contributed by atoms with Crippen LogP contribution < -0.4 is 0 Å². The SMILES string of the molecule is Brc1ccc(-c2nc3ccccc3c3oc4ccccc4c23)nc1. The van der Waals surface area contributed by atoms with Crippen LogP contribution in [0.3, 0.4) is 0 Å². The van der Waals surface area contributed by atoms with E-state index in [0.29, 0.717) is 0 Å². The van der Waals surface area contributed by atoms with Gasteiger partial charge in [-0.25, -0.2) is 4.98 Å². The lowest BCUT2D eigenvalue weighted by Crippen LogP contribution is -1.90. The second-order valence-electron chi connectivity index (χ2n) is 5.64. The third-order valence-electron chi connectivity index (χ3n) is 4.18. The van der Waals surface area contributed by atoms with Crippen LogP contribution in [-0.2, 0) is 0 Å². The molecule has 0 aliphatic rings. The lowest BCUT2D eigenvalue weighted by atomic mass is 10.1. The Kier molecular flexibility index (Phi) is 2.94. The van der Waals surface area contributed by atoms with Crippen LogP contribution in [0.4, 0.5) is 0 Å². The smallest absolute Gasteiger partial charge is 0.147 e. The van der Waals surface area contributed by atoms with Crippen LogP contribution >= 0.6 is 15.9 Å². The summed E-state index contributed by atoms with van der Waals surface area (Å²) in [7, 11) is 0. The number of aromatic nitrogens is 2. The molecule has 2 aromatic carbocycles. The molecule has 0 unspecified atom stereocenters. The molecule has 0 aliphatic heterocycles. The molecule has 0 N–H and O–H groups in total. The van der Waals surface area contributed by atoms with Gasteiger partial charge in [0.2, 0.25) is 0 Å². The second kappa shape index (κ2) is 5.14. The first kappa shape index (κ1) is 13.7. The van der Waals surface area contributed by atoms with E-state index in [1.165, 1.54) is 0 Å². The fourth-order valence-corrected chi connectivity index (χ4v) is 3.35. The molecule has 0 saturated heterocycles. The van der Waals surface area contributed by atoms with Crippen LogP contribution in [0.1, 0.15) is 0 Å². The minimum atomic E-state index is 0.834. The summed E-state index contributed by atoms with van der Waals surface area (Å²) in [5, 5.41) is 3.09. The summed E-state index contributed by atoms with van der Waals surface area (Å²) < 4.78 is 7.12. The molecule has 0 spiro atoms. The monoisotopic (exact) mass is 374 g/mol. The van der Waals surface area contributed by atoms with Gasteiger partial charge in [0.05, 0.1) is 16.6 Å². The number of pyridine rings is 2. The predicted molar refractivity (Wildman–Crippen MR) is 100.0 cm³/mol. The van der Waals surface area contributed by atoms with Gasteiger partial charge in [-0.15, -0.1) is 0 Å². The molecule has 0 amide bonds. The Labute approximate surface area is 146 Å². The van der Waals surface area contributed by atoms with Gasteiger partial charge in [0, 0.05) is 21.4 Å². The number of furan rings is 1. The Morgan fingerprint density at radius 2 is 1.62 bits per heavy atom. The van der Waals surface area contributed by atoms with Crippen molar-refractivity contribution in [1.29, 1.82) is 0 Å². The van der Waals surface area contributed by atoms with Crippen molar-refractivity contribution >= 4 is 48.8 Å². The zero-order chi connectivity index (χ0) is 16.1. The van der Waals surface area contributed by atoms with E-state index in [1.807, 2.05) is 54.6 Å². The number of hydrogen-bond donors (Lipinski definition) is 0. The molecule has 0 fully saturated rings. The number of rotatable bonds is 1. The van der Waals surface area contributed by atoms with E-state index in [0.717, 1.165) is 48.7 Å². The first-order valence-electron chi connectivity index (χ1n) is 7.63. The van der Waals surface area contributed by atoms with Crippen molar-refractivity contribution < 1.29 is 4.42 Å². The third-order valence-corrected chi connectivity index (χ3v) is 4.65. The molecular weight excluding hydrogens is 364 g/mol. The lowest BCUT2D eigenvalue weighted by molar-refractivity contribution is 0.672. The second-order valence-corrected chi connectivity index (χ2v) is 6.56. The molecular formula is C20H11BrN2O. The van der Waals surface area contributed by atoms with Crippen molar-refractivity contribution in [3.05, 3.63) is 71.3 Å². The van der Waals surface area contributed by atoms with Gasteiger partial charge in [-0.1, -0.05) is 30.3 Å². The Bertz CT molecular complexity index is 1210. The summed E-state index contributed by atoms with van der Waals surface area (Å²) in [6, 6.07) is 20.1. The molecule has 5 rings (SSSR count). The van der Waals surface area contributed by atoms with Gasteiger partial charge in [-0.05, 0) is 46.3 Å². The van der Waals surface area contributed by atoms with Crippen molar-refractivity contribution in [2.45, 2.75) is 0 Å². The number of nitrogens with zero attached hydrogens (tertiary/aromatic N) is 2. The molecule has 24 heavy (non-hydrogen) atoms. The highest BCUT2D eigenvalue weighted by atomic mass is 79.9. The van der Waals surface area contributed by atoms with Gasteiger partial charge in [0.25, 0.3) is 0 Å². The molecule has 4 heteroatoms. The Balaban J connectivity index is 2.01. The summed E-state index contributed by atoms with van der Waals surface area (Å²) in [6.07, 6.45) is 1.79. The van der Waals surface area contributed by atoms with Crippen LogP contribution in [0.5, 0.6) is 0 Å². The summed E-state index contributed by atoms with van der Waals surface area (Å²) in [5.74, 6) is 0. The van der Waals surface area contributed by atoms with E-state index < -0.39 is 0 Å². The van der Waals surface area contributed by atoms with Crippen molar-refractivity contribution in [2.24, 2.45) is 0 Å². The summed E-state index contributed by atoms with van der Waals surface area (Å²) in [4.78, 5) is 9.43. The maximum Gasteiger partial charge on any atom is 0.147 e. The van der Waals surface area contributed by atoms with Crippen molar-refractivity contribution in [1.82, 2.24) is 9.97 Å². The van der Waals surface area contributed by atoms with Gasteiger partial charge in [0.1, 0.15) is 16.9 Å². The molecule has 3 aromatic heterocycles. The Hall–Kier alpha value is -2.72. The van der Waals surface area contributed by atoms with Crippen LogP contribution in [0.15, 0.2) is 75.8 Å². The van der Waals surface area contributed by atoms with Gasteiger partial charge in [-0.3, -0.25) is 4.98 Å². The van der Waals surface area contributed by atoms with Crippen molar-refractivity contribution in [3.63, 3.8) is 0 Å². The zero-order valence-corrected chi connectivity index (χ0v) is 14.1. The normalized spacial score (nSPS) is 11.5. The number of hydrogen-bond acceptors (Lipinski definition) is 3. The number of benzene rings is 2. The predicted octanol–water partition coefficient (Wildman–Crippen LogP) is 5.96. The van der Waals surface area contributed by atoms with Gasteiger partial charge >= 0.3 is 0 Å². The topological polar surface area (TPSA) is 38.9 Å². The molecule has 0 atom stereocenters. The third kappa shape index (κ3) is 1.96. The molecule has 5 aromatic rings. The number of halogens is 1. The van der Waals surface area contributed by atoms with Gasteiger partial charge < -0.3 is 4.42 Å². The minimum absolute atomic E-state index is 0.834. The fourth-order valence-electron chi connectivity index (χ4n) is 3.11. The first-order chi connectivity index (χ1) is 11.8. The Morgan fingerprint density at radius 1 is 0.833 bits per heavy atom. The molecule has 0 saturated carbocycles. The van der Waals surface area contributed by atoms with Crippen molar-refractivity contribution in [3.8, 4) is 11.4 Å². The molecule has 3 nitrogen and oxygen atoms in total. The number of fused-ring (bicyclic) bond motifs is 5. The molecule has 0 aliphatic carbocycles. The molecule has 0 radical (unpaired) electrons. The van der Waals surface area contributed by atoms with E-state index in [1.54, 1.807) is 6.20 Å². The van der Waals surface area contributed by atoms with Crippen LogP contribution in [0.25, 0.3) is 44.2 Å². The average molecular weight is 375 g/mol. The highest BCUT2D eigenvalue weighted by Crippen LogP contribution is 2.38. The largest absolute Gasteiger partial charge is 0.455 e. The lowest BCUT2D eigenvalue weighted by Gasteiger charge is -2.05. The van der Waals surface area contributed by atoms with Gasteiger partial charge in [0.15, 0.2) is 0 Å². The van der Waals surface area contributed by atoms with E-state index in [4.69, 9.17) is 9.40 Å². The van der Waals surface area contributed by atoms with Crippen LogP contribution in [0, 0.1) is 0 Å². The maximum atomic E-state index is 6.17. The molecule has 3 heterocycles. The van der Waals surface area contributed by atoms with E-state index >= 15 is 0 Å².